The molecule has 1 aliphatic heterocycles. The first-order chi connectivity index (χ1) is 15.4. The maximum Gasteiger partial charge on any atom is 0.319 e. The molecule has 2 heterocycles. The van der Waals surface area contributed by atoms with Crippen molar-refractivity contribution in [1.29, 1.82) is 0 Å². The van der Waals surface area contributed by atoms with E-state index in [1.807, 2.05) is 0 Å². The van der Waals surface area contributed by atoms with Gasteiger partial charge in [-0.05, 0) is 35.9 Å². The Bertz CT molecular complexity index is 1160. The van der Waals surface area contributed by atoms with Crippen LogP contribution >= 0.6 is 0 Å². The maximum atomic E-state index is 13.9. The average molecular weight is 446 g/mol. The van der Waals surface area contributed by atoms with E-state index in [4.69, 9.17) is 4.74 Å². The second-order valence-corrected chi connectivity index (χ2v) is 7.37. The Labute approximate surface area is 181 Å². The number of halogens is 3. The third kappa shape index (κ3) is 4.86. The molecule has 0 saturated carbocycles. The van der Waals surface area contributed by atoms with Crippen molar-refractivity contribution in [3.8, 4) is 0 Å². The fraction of sp³-hybridized carbons (Fsp3) is 0.273. The molecule has 0 atom stereocenters. The lowest BCUT2D eigenvalue weighted by molar-refractivity contribution is -0.135. The van der Waals surface area contributed by atoms with Gasteiger partial charge in [-0.15, -0.1) is 0 Å². The summed E-state index contributed by atoms with van der Waals surface area (Å²) >= 11 is 0. The van der Waals surface area contributed by atoms with Crippen molar-refractivity contribution < 1.29 is 27.5 Å². The summed E-state index contributed by atoms with van der Waals surface area (Å²) in [6, 6.07) is 6.31. The molecule has 1 saturated heterocycles. The van der Waals surface area contributed by atoms with Crippen LogP contribution in [-0.4, -0.2) is 47.7 Å². The number of ether oxygens (including phenoxy) is 1. The molecule has 1 aliphatic rings. The minimum absolute atomic E-state index is 0.00729. The number of amides is 3. The number of morpholine rings is 1. The average Bonchev–Trinajstić information content (AvgIpc) is 3.11. The summed E-state index contributed by atoms with van der Waals surface area (Å²) in [4.78, 5) is 26.5. The minimum atomic E-state index is -0.902. The van der Waals surface area contributed by atoms with Crippen LogP contribution in [0.1, 0.15) is 5.56 Å². The molecule has 10 heteroatoms. The standard InChI is InChI=1S/C22H21F3N4O3/c23-15-2-4-20-17(9-15)14(12-29(20)13-21(30)28-5-7-32-8-6-28)11-26-22(31)27-19-3-1-16(24)10-18(19)25/h1-4,9-10,12H,5-8,11,13H2,(H2,26,27,31). The van der Waals surface area contributed by atoms with Crippen molar-refractivity contribution in [2.45, 2.75) is 13.1 Å². The van der Waals surface area contributed by atoms with Gasteiger partial charge in [0, 0.05) is 42.8 Å². The van der Waals surface area contributed by atoms with Gasteiger partial charge in [-0.25, -0.2) is 18.0 Å². The molecule has 1 aromatic heterocycles. The molecular formula is C22H21F3N4O3. The lowest BCUT2D eigenvalue weighted by Gasteiger charge is -2.27. The molecule has 0 unspecified atom stereocenters. The summed E-state index contributed by atoms with van der Waals surface area (Å²) in [6.07, 6.45) is 1.68. The molecule has 3 amide bonds. The zero-order valence-corrected chi connectivity index (χ0v) is 17.0. The predicted molar refractivity (Wildman–Crippen MR) is 112 cm³/mol. The Morgan fingerprint density at radius 3 is 2.47 bits per heavy atom. The van der Waals surface area contributed by atoms with Gasteiger partial charge in [-0.3, -0.25) is 4.79 Å². The fourth-order valence-electron chi connectivity index (χ4n) is 3.61. The molecule has 0 radical (unpaired) electrons. The van der Waals surface area contributed by atoms with Gasteiger partial charge in [-0.1, -0.05) is 0 Å². The Balaban J connectivity index is 1.48. The van der Waals surface area contributed by atoms with E-state index in [0.29, 0.717) is 48.8 Å². The number of hydrogen-bond acceptors (Lipinski definition) is 3. The second-order valence-electron chi connectivity index (χ2n) is 7.37. The Kier molecular flexibility index (Phi) is 6.31. The normalized spacial score (nSPS) is 13.9. The highest BCUT2D eigenvalue weighted by Gasteiger charge is 2.19. The largest absolute Gasteiger partial charge is 0.378 e. The SMILES string of the molecule is O=C(NCc1cn(CC(=O)N2CCOCC2)c2ccc(F)cc12)Nc1ccc(F)cc1F. The van der Waals surface area contributed by atoms with Crippen LogP contribution in [0, 0.1) is 17.5 Å². The van der Waals surface area contributed by atoms with Gasteiger partial charge in [0.05, 0.1) is 18.9 Å². The van der Waals surface area contributed by atoms with Gasteiger partial charge in [0.25, 0.3) is 0 Å². The summed E-state index contributed by atoms with van der Waals surface area (Å²) in [6.45, 7) is 2.08. The first-order valence-electron chi connectivity index (χ1n) is 10.0. The number of anilines is 1. The van der Waals surface area contributed by atoms with E-state index >= 15 is 0 Å². The number of fused-ring (bicyclic) bond motifs is 1. The first kappa shape index (κ1) is 21.7. The number of rotatable bonds is 5. The Morgan fingerprint density at radius 2 is 1.72 bits per heavy atom. The highest BCUT2D eigenvalue weighted by Crippen LogP contribution is 2.23. The third-order valence-electron chi connectivity index (χ3n) is 5.21. The summed E-state index contributed by atoms with van der Waals surface area (Å²) < 4.78 is 47.6. The van der Waals surface area contributed by atoms with Crippen LogP contribution < -0.4 is 10.6 Å². The number of urea groups is 1. The molecule has 2 aromatic carbocycles. The monoisotopic (exact) mass is 446 g/mol. The maximum absolute atomic E-state index is 13.9. The third-order valence-corrected chi connectivity index (χ3v) is 5.21. The zero-order valence-electron chi connectivity index (χ0n) is 17.0. The van der Waals surface area contributed by atoms with Crippen LogP contribution in [0.25, 0.3) is 10.9 Å². The number of nitrogens with zero attached hydrogens (tertiary/aromatic N) is 2. The van der Waals surface area contributed by atoms with Gasteiger partial charge in [0.15, 0.2) is 0 Å². The van der Waals surface area contributed by atoms with E-state index < -0.39 is 23.5 Å². The number of aromatic nitrogens is 1. The Morgan fingerprint density at radius 1 is 1.00 bits per heavy atom. The van der Waals surface area contributed by atoms with E-state index in [1.165, 1.54) is 12.1 Å². The van der Waals surface area contributed by atoms with Crippen LogP contribution in [0.3, 0.4) is 0 Å². The van der Waals surface area contributed by atoms with Gasteiger partial charge >= 0.3 is 6.03 Å². The van der Waals surface area contributed by atoms with E-state index in [9.17, 15) is 22.8 Å². The number of benzene rings is 2. The molecule has 0 aliphatic carbocycles. The fourth-order valence-corrected chi connectivity index (χ4v) is 3.61. The summed E-state index contributed by atoms with van der Waals surface area (Å²) in [5.41, 5.74) is 1.06. The highest BCUT2D eigenvalue weighted by molar-refractivity contribution is 5.90. The summed E-state index contributed by atoms with van der Waals surface area (Å²) in [5, 5.41) is 5.43. The minimum Gasteiger partial charge on any atom is -0.378 e. The van der Waals surface area contributed by atoms with Crippen LogP contribution in [0.2, 0.25) is 0 Å². The van der Waals surface area contributed by atoms with E-state index in [0.717, 1.165) is 12.1 Å². The molecule has 168 valence electrons. The van der Waals surface area contributed by atoms with Crippen LogP contribution in [-0.2, 0) is 22.6 Å². The molecule has 1 fully saturated rings. The van der Waals surface area contributed by atoms with Gasteiger partial charge < -0.3 is 24.8 Å². The molecular weight excluding hydrogens is 425 g/mol. The van der Waals surface area contributed by atoms with Crippen LogP contribution in [0.15, 0.2) is 42.6 Å². The second kappa shape index (κ2) is 9.31. The number of carbonyl (C=O) groups is 2. The van der Waals surface area contributed by atoms with Gasteiger partial charge in [0.2, 0.25) is 5.91 Å². The van der Waals surface area contributed by atoms with E-state index in [-0.39, 0.29) is 24.7 Å². The van der Waals surface area contributed by atoms with Gasteiger partial charge in [-0.2, -0.15) is 0 Å². The topological polar surface area (TPSA) is 75.6 Å². The van der Waals surface area contributed by atoms with Crippen molar-refractivity contribution in [1.82, 2.24) is 14.8 Å². The van der Waals surface area contributed by atoms with Crippen molar-refractivity contribution in [2.24, 2.45) is 0 Å². The lowest BCUT2D eigenvalue weighted by atomic mass is 10.1. The zero-order chi connectivity index (χ0) is 22.7. The number of nitrogens with one attached hydrogen (secondary N) is 2. The van der Waals surface area contributed by atoms with Crippen molar-refractivity contribution >= 4 is 28.5 Å². The summed E-state index contributed by atoms with van der Waals surface area (Å²) in [5.74, 6) is -2.19. The lowest BCUT2D eigenvalue weighted by Crippen LogP contribution is -2.42. The van der Waals surface area contributed by atoms with Crippen LogP contribution in [0.5, 0.6) is 0 Å². The first-order valence-corrected chi connectivity index (χ1v) is 10.0. The predicted octanol–water partition coefficient (Wildman–Crippen LogP) is 3.24. The quantitative estimate of drug-likeness (QED) is 0.632. The van der Waals surface area contributed by atoms with Crippen molar-refractivity contribution in [3.05, 3.63) is 65.6 Å². The molecule has 3 aromatic rings. The Hall–Kier alpha value is -3.53. The molecule has 4 rings (SSSR count). The molecule has 2 N–H and O–H groups in total. The molecule has 0 spiro atoms. The summed E-state index contributed by atoms with van der Waals surface area (Å²) in [7, 11) is 0. The van der Waals surface area contributed by atoms with Crippen LogP contribution in [0.4, 0.5) is 23.7 Å². The molecule has 0 bridgehead atoms. The van der Waals surface area contributed by atoms with Crippen molar-refractivity contribution in [2.75, 3.05) is 31.6 Å². The van der Waals surface area contributed by atoms with Gasteiger partial charge in [0.1, 0.15) is 24.0 Å². The number of carbonyl (C=O) groups excluding carboxylic acids is 2. The number of hydrogen-bond donors (Lipinski definition) is 2. The molecule has 7 nitrogen and oxygen atoms in total. The highest BCUT2D eigenvalue weighted by atomic mass is 19.1. The van der Waals surface area contributed by atoms with E-state index in [2.05, 4.69) is 10.6 Å². The molecule has 32 heavy (non-hydrogen) atoms. The van der Waals surface area contributed by atoms with Crippen molar-refractivity contribution in [3.63, 3.8) is 0 Å². The smallest absolute Gasteiger partial charge is 0.319 e. The van der Waals surface area contributed by atoms with E-state index in [1.54, 1.807) is 21.7 Å².